The maximum absolute atomic E-state index is 12.2. The van der Waals surface area contributed by atoms with Crippen molar-refractivity contribution in [3.63, 3.8) is 0 Å². The topological polar surface area (TPSA) is 29.1 Å². The fraction of sp³-hybridized carbons (Fsp3) is 0. The molecule has 0 aromatic heterocycles. The van der Waals surface area contributed by atoms with E-state index in [1.165, 1.54) is 0 Å². The van der Waals surface area contributed by atoms with Crippen LogP contribution in [0.2, 0.25) is 0 Å². The van der Waals surface area contributed by atoms with Crippen LogP contribution >= 0.6 is 70.4 Å². The van der Waals surface area contributed by atoms with Crippen molar-refractivity contribution in [2.45, 2.75) is 0 Å². The molecule has 0 unspecified atom stereocenters. The van der Waals surface area contributed by atoms with Crippen LogP contribution in [-0.4, -0.2) is 5.91 Å². The van der Waals surface area contributed by atoms with Gasteiger partial charge in [-0.05, 0) is 90.8 Å². The summed E-state index contributed by atoms with van der Waals surface area (Å²) in [6, 6.07) is 11.3. The molecule has 0 aliphatic carbocycles. The smallest absolute Gasteiger partial charge is 0.256 e. The van der Waals surface area contributed by atoms with Gasteiger partial charge in [0.2, 0.25) is 0 Å². The van der Waals surface area contributed by atoms with Gasteiger partial charge in [-0.2, -0.15) is 0 Å². The average molecular weight is 560 g/mol. The molecule has 0 aliphatic rings. The lowest BCUT2D eigenvalue weighted by Gasteiger charge is -2.09. The Morgan fingerprint density at radius 3 is 2.42 bits per heavy atom. The molecule has 0 heterocycles. The van der Waals surface area contributed by atoms with Gasteiger partial charge >= 0.3 is 0 Å². The fourth-order valence-corrected chi connectivity index (χ4v) is 3.64. The second-order valence-corrected chi connectivity index (χ2v) is 7.57. The Balaban J connectivity index is 2.28. The van der Waals surface area contributed by atoms with E-state index < -0.39 is 0 Å². The van der Waals surface area contributed by atoms with Gasteiger partial charge in [-0.15, -0.1) is 0 Å². The first-order valence-electron chi connectivity index (χ1n) is 5.19. The Morgan fingerprint density at radius 1 is 1.00 bits per heavy atom. The first-order chi connectivity index (χ1) is 8.97. The maximum Gasteiger partial charge on any atom is 0.256 e. The Labute approximate surface area is 149 Å². The highest BCUT2D eigenvalue weighted by Crippen LogP contribution is 2.27. The van der Waals surface area contributed by atoms with Crippen LogP contribution in [0, 0.1) is 3.57 Å². The molecule has 0 bridgehead atoms. The quantitative estimate of drug-likeness (QED) is 0.461. The van der Waals surface area contributed by atoms with Crippen LogP contribution in [0.1, 0.15) is 10.4 Å². The van der Waals surface area contributed by atoms with E-state index in [1.54, 1.807) is 6.07 Å². The molecular weight excluding hydrogens is 553 g/mol. The molecule has 0 atom stereocenters. The van der Waals surface area contributed by atoms with Crippen molar-refractivity contribution in [3.8, 4) is 0 Å². The average Bonchev–Trinajstić information content (AvgIpc) is 2.35. The summed E-state index contributed by atoms with van der Waals surface area (Å²) >= 11 is 12.4. The number of nitrogens with one attached hydrogen (secondary N) is 1. The molecule has 2 rings (SSSR count). The first kappa shape index (κ1) is 15.5. The van der Waals surface area contributed by atoms with Crippen LogP contribution < -0.4 is 5.32 Å². The SMILES string of the molecule is O=C(Nc1ccc(I)cc1Br)c1cc(Br)ccc1Br. The number of halogens is 4. The van der Waals surface area contributed by atoms with Gasteiger partial charge in [0.1, 0.15) is 0 Å². The van der Waals surface area contributed by atoms with E-state index in [9.17, 15) is 4.79 Å². The Morgan fingerprint density at radius 2 is 1.74 bits per heavy atom. The minimum Gasteiger partial charge on any atom is -0.321 e. The normalized spacial score (nSPS) is 10.3. The fourth-order valence-electron chi connectivity index (χ4n) is 1.45. The van der Waals surface area contributed by atoms with Crippen LogP contribution in [0.15, 0.2) is 49.8 Å². The van der Waals surface area contributed by atoms with Crippen LogP contribution in [0.5, 0.6) is 0 Å². The summed E-state index contributed by atoms with van der Waals surface area (Å²) in [5, 5.41) is 2.88. The number of amides is 1. The molecular formula is C13H7Br3INO. The van der Waals surface area contributed by atoms with Gasteiger partial charge in [0.25, 0.3) is 5.91 Å². The number of carbonyl (C=O) groups is 1. The molecule has 2 aromatic rings. The summed E-state index contributed by atoms with van der Waals surface area (Å²) in [5.41, 5.74) is 1.33. The third kappa shape index (κ3) is 4.03. The number of carbonyl (C=O) groups excluding carboxylic acids is 1. The van der Waals surface area contributed by atoms with Crippen LogP contribution in [0.25, 0.3) is 0 Å². The lowest BCUT2D eigenvalue weighted by atomic mass is 10.2. The Kier molecular flexibility index (Phi) is 5.45. The summed E-state index contributed by atoms with van der Waals surface area (Å²) in [6.07, 6.45) is 0. The van der Waals surface area contributed by atoms with Gasteiger partial charge in [0.05, 0.1) is 11.3 Å². The van der Waals surface area contributed by atoms with Gasteiger partial charge in [0.15, 0.2) is 0 Å². The number of anilines is 1. The van der Waals surface area contributed by atoms with Crippen LogP contribution in [0.4, 0.5) is 5.69 Å². The molecule has 2 aromatic carbocycles. The molecule has 0 aliphatic heterocycles. The van der Waals surface area contributed by atoms with Gasteiger partial charge in [0, 0.05) is 17.0 Å². The standard InChI is InChI=1S/C13H7Br3INO/c14-7-1-3-10(15)9(5-7)13(19)18-12-4-2-8(17)6-11(12)16/h1-6H,(H,18,19). The molecule has 0 spiro atoms. The molecule has 0 radical (unpaired) electrons. The highest BCUT2D eigenvalue weighted by atomic mass is 127. The molecule has 0 fully saturated rings. The second-order valence-electron chi connectivity index (χ2n) is 3.70. The van der Waals surface area contributed by atoms with Crippen molar-refractivity contribution in [1.29, 1.82) is 0 Å². The zero-order valence-corrected chi connectivity index (χ0v) is 16.3. The van der Waals surface area contributed by atoms with Crippen molar-refractivity contribution in [3.05, 3.63) is 58.9 Å². The third-order valence-corrected chi connectivity index (χ3v) is 4.86. The summed E-state index contributed by atoms with van der Waals surface area (Å²) in [4.78, 5) is 12.2. The van der Waals surface area contributed by atoms with Gasteiger partial charge in [-0.3, -0.25) is 4.79 Å². The molecule has 6 heteroatoms. The zero-order chi connectivity index (χ0) is 14.0. The molecule has 19 heavy (non-hydrogen) atoms. The van der Waals surface area contributed by atoms with Crippen molar-refractivity contribution in [2.75, 3.05) is 5.32 Å². The molecule has 98 valence electrons. The minimum absolute atomic E-state index is 0.157. The van der Waals surface area contributed by atoms with E-state index in [2.05, 4.69) is 75.7 Å². The van der Waals surface area contributed by atoms with E-state index in [4.69, 9.17) is 0 Å². The van der Waals surface area contributed by atoms with Crippen molar-refractivity contribution >= 4 is 82.0 Å². The number of rotatable bonds is 2. The maximum atomic E-state index is 12.2. The van der Waals surface area contributed by atoms with E-state index in [0.29, 0.717) is 5.56 Å². The first-order valence-corrected chi connectivity index (χ1v) is 8.64. The second kappa shape index (κ2) is 6.69. The van der Waals surface area contributed by atoms with E-state index >= 15 is 0 Å². The van der Waals surface area contributed by atoms with Gasteiger partial charge in [-0.25, -0.2) is 0 Å². The van der Waals surface area contributed by atoms with E-state index in [1.807, 2.05) is 30.3 Å². The summed E-state index contributed by atoms with van der Waals surface area (Å²) in [5.74, 6) is -0.157. The zero-order valence-electron chi connectivity index (χ0n) is 9.38. The van der Waals surface area contributed by atoms with Crippen molar-refractivity contribution in [2.24, 2.45) is 0 Å². The molecule has 1 N–H and O–H groups in total. The highest BCUT2D eigenvalue weighted by Gasteiger charge is 2.12. The number of benzene rings is 2. The van der Waals surface area contributed by atoms with Crippen LogP contribution in [0.3, 0.4) is 0 Å². The Hall–Kier alpha value is 0.0800. The van der Waals surface area contributed by atoms with E-state index in [-0.39, 0.29) is 5.91 Å². The lowest BCUT2D eigenvalue weighted by molar-refractivity contribution is 0.102. The van der Waals surface area contributed by atoms with Crippen molar-refractivity contribution in [1.82, 2.24) is 0 Å². The summed E-state index contributed by atoms with van der Waals surface area (Å²) in [6.45, 7) is 0. The van der Waals surface area contributed by atoms with Crippen molar-refractivity contribution < 1.29 is 4.79 Å². The minimum atomic E-state index is -0.157. The molecule has 1 amide bonds. The lowest BCUT2D eigenvalue weighted by Crippen LogP contribution is -2.13. The van der Waals surface area contributed by atoms with Gasteiger partial charge in [-0.1, -0.05) is 15.9 Å². The number of hydrogen-bond acceptors (Lipinski definition) is 1. The third-order valence-electron chi connectivity index (χ3n) is 2.35. The summed E-state index contributed by atoms with van der Waals surface area (Å²) in [7, 11) is 0. The molecule has 2 nitrogen and oxygen atoms in total. The largest absolute Gasteiger partial charge is 0.321 e. The monoisotopic (exact) mass is 557 g/mol. The number of hydrogen-bond donors (Lipinski definition) is 1. The molecule has 0 saturated carbocycles. The predicted octanol–water partition coefficient (Wildman–Crippen LogP) is 5.83. The molecule has 0 saturated heterocycles. The predicted molar refractivity (Wildman–Crippen MR) is 96.7 cm³/mol. The van der Waals surface area contributed by atoms with E-state index in [0.717, 1.165) is 22.7 Å². The Bertz CT molecular complexity index is 646. The highest BCUT2D eigenvalue weighted by molar-refractivity contribution is 14.1. The van der Waals surface area contributed by atoms with Gasteiger partial charge < -0.3 is 5.32 Å². The van der Waals surface area contributed by atoms with Crippen LogP contribution in [-0.2, 0) is 0 Å². The summed E-state index contributed by atoms with van der Waals surface area (Å²) < 4.78 is 3.59.